The van der Waals surface area contributed by atoms with E-state index in [-0.39, 0.29) is 5.91 Å². The largest absolute Gasteiger partial charge is 0.379 e. The highest BCUT2D eigenvalue weighted by molar-refractivity contribution is 9.10. The van der Waals surface area contributed by atoms with E-state index in [1.165, 1.54) is 0 Å². The van der Waals surface area contributed by atoms with E-state index < -0.39 is 0 Å². The Kier molecular flexibility index (Phi) is 7.48. The van der Waals surface area contributed by atoms with Gasteiger partial charge in [0, 0.05) is 16.3 Å². The Bertz CT molecular complexity index is 341. The van der Waals surface area contributed by atoms with Gasteiger partial charge in [0.05, 0.1) is 19.6 Å². The fourth-order valence-electron chi connectivity index (χ4n) is 1.27. The first kappa shape index (κ1) is 14.7. The monoisotopic (exact) mass is 363 g/mol. The van der Waals surface area contributed by atoms with Crippen LogP contribution in [0.15, 0.2) is 28.7 Å². The van der Waals surface area contributed by atoms with E-state index in [9.17, 15) is 4.79 Å². The van der Waals surface area contributed by atoms with Crippen molar-refractivity contribution in [3.8, 4) is 0 Å². The van der Waals surface area contributed by atoms with Gasteiger partial charge in [0.15, 0.2) is 0 Å². The molecule has 0 atom stereocenters. The fourth-order valence-corrected chi connectivity index (χ4v) is 1.76. The third-order valence-electron chi connectivity index (χ3n) is 2.07. The lowest BCUT2D eigenvalue weighted by molar-refractivity contribution is -0.120. The molecule has 1 N–H and O–H groups in total. The van der Waals surface area contributed by atoms with Crippen LogP contribution in [-0.4, -0.2) is 31.0 Å². The molecule has 0 bridgehead atoms. The molecule has 1 aromatic rings. The number of nitrogens with one attached hydrogen (secondary N) is 1. The summed E-state index contributed by atoms with van der Waals surface area (Å²) in [5.41, 5.74) is 1.01. The standard InChI is InChI=1S/C12H15Br2NO2/c13-5-7-17-8-6-15-12(16)9-10-1-3-11(14)4-2-10/h1-4H,5-9H2,(H,15,16). The van der Waals surface area contributed by atoms with Crippen molar-refractivity contribution >= 4 is 37.8 Å². The zero-order valence-electron chi connectivity index (χ0n) is 9.42. The van der Waals surface area contributed by atoms with Crippen molar-refractivity contribution in [3.63, 3.8) is 0 Å². The van der Waals surface area contributed by atoms with Gasteiger partial charge in [0.1, 0.15) is 0 Å². The molecule has 5 heteroatoms. The van der Waals surface area contributed by atoms with Crippen molar-refractivity contribution in [2.75, 3.05) is 25.1 Å². The lowest BCUT2D eigenvalue weighted by Crippen LogP contribution is -2.28. The van der Waals surface area contributed by atoms with Crippen LogP contribution < -0.4 is 5.32 Å². The molecule has 0 aromatic heterocycles. The minimum Gasteiger partial charge on any atom is -0.379 e. The average Bonchev–Trinajstić information content (AvgIpc) is 2.32. The molecule has 0 aliphatic heterocycles. The fraction of sp³-hybridized carbons (Fsp3) is 0.417. The summed E-state index contributed by atoms with van der Waals surface area (Å²) in [5, 5.41) is 3.63. The highest BCUT2D eigenvalue weighted by Crippen LogP contribution is 2.10. The van der Waals surface area contributed by atoms with E-state index in [2.05, 4.69) is 37.2 Å². The Labute approximate surface area is 118 Å². The van der Waals surface area contributed by atoms with E-state index in [4.69, 9.17) is 4.74 Å². The van der Waals surface area contributed by atoms with Crippen LogP contribution in [0.2, 0.25) is 0 Å². The highest BCUT2D eigenvalue weighted by atomic mass is 79.9. The number of amides is 1. The summed E-state index contributed by atoms with van der Waals surface area (Å²) in [6, 6.07) is 7.74. The van der Waals surface area contributed by atoms with Crippen LogP contribution in [0.4, 0.5) is 0 Å². The topological polar surface area (TPSA) is 38.3 Å². The molecule has 0 radical (unpaired) electrons. The third kappa shape index (κ3) is 6.81. The van der Waals surface area contributed by atoms with E-state index in [1.807, 2.05) is 24.3 Å². The lowest BCUT2D eigenvalue weighted by Gasteiger charge is -2.05. The van der Waals surface area contributed by atoms with Gasteiger partial charge in [-0.25, -0.2) is 0 Å². The summed E-state index contributed by atoms with van der Waals surface area (Å²) in [6.07, 6.45) is 0.408. The molecule has 0 saturated heterocycles. The van der Waals surface area contributed by atoms with E-state index in [1.54, 1.807) is 0 Å². The van der Waals surface area contributed by atoms with Gasteiger partial charge in [0.2, 0.25) is 5.91 Å². The van der Waals surface area contributed by atoms with Gasteiger partial charge in [-0.1, -0.05) is 44.0 Å². The molecule has 0 heterocycles. The SMILES string of the molecule is O=C(Cc1ccc(Br)cc1)NCCOCCBr. The van der Waals surface area contributed by atoms with E-state index >= 15 is 0 Å². The van der Waals surface area contributed by atoms with Gasteiger partial charge in [-0.3, -0.25) is 4.79 Å². The van der Waals surface area contributed by atoms with Gasteiger partial charge in [0.25, 0.3) is 0 Å². The van der Waals surface area contributed by atoms with Crippen LogP contribution in [0, 0.1) is 0 Å². The summed E-state index contributed by atoms with van der Waals surface area (Å²) in [6.45, 7) is 1.78. The summed E-state index contributed by atoms with van der Waals surface area (Å²) in [4.78, 5) is 11.5. The maximum atomic E-state index is 11.5. The molecule has 0 fully saturated rings. The van der Waals surface area contributed by atoms with Crippen LogP contribution in [0.1, 0.15) is 5.56 Å². The van der Waals surface area contributed by atoms with Crippen LogP contribution in [0.3, 0.4) is 0 Å². The smallest absolute Gasteiger partial charge is 0.224 e. The summed E-state index contributed by atoms with van der Waals surface area (Å²) < 4.78 is 6.25. The van der Waals surface area contributed by atoms with Crippen molar-refractivity contribution in [1.29, 1.82) is 0 Å². The first-order valence-corrected chi connectivity index (χ1v) is 7.28. The maximum absolute atomic E-state index is 11.5. The predicted octanol–water partition coefficient (Wildman–Crippen LogP) is 2.52. The van der Waals surface area contributed by atoms with Gasteiger partial charge < -0.3 is 10.1 Å². The number of benzene rings is 1. The number of rotatable bonds is 7. The molecule has 94 valence electrons. The van der Waals surface area contributed by atoms with E-state index in [0.717, 1.165) is 15.4 Å². The van der Waals surface area contributed by atoms with Gasteiger partial charge >= 0.3 is 0 Å². The second kappa shape index (κ2) is 8.66. The minimum atomic E-state index is 0.0229. The molecular formula is C12H15Br2NO2. The molecule has 0 aliphatic carbocycles. The predicted molar refractivity (Wildman–Crippen MR) is 75.5 cm³/mol. The number of halogens is 2. The second-order valence-corrected chi connectivity index (χ2v) is 5.16. The zero-order valence-corrected chi connectivity index (χ0v) is 12.6. The Morgan fingerprint density at radius 1 is 1.24 bits per heavy atom. The number of hydrogen-bond acceptors (Lipinski definition) is 2. The zero-order chi connectivity index (χ0) is 12.5. The maximum Gasteiger partial charge on any atom is 0.224 e. The normalized spacial score (nSPS) is 10.2. The Morgan fingerprint density at radius 3 is 2.59 bits per heavy atom. The third-order valence-corrected chi connectivity index (χ3v) is 2.92. The molecule has 17 heavy (non-hydrogen) atoms. The summed E-state index contributed by atoms with van der Waals surface area (Å²) in [5.74, 6) is 0.0229. The minimum absolute atomic E-state index is 0.0229. The second-order valence-electron chi connectivity index (χ2n) is 3.45. The molecule has 1 rings (SSSR count). The average molecular weight is 365 g/mol. The van der Waals surface area contributed by atoms with Gasteiger partial charge in [-0.05, 0) is 17.7 Å². The van der Waals surface area contributed by atoms with Gasteiger partial charge in [-0.2, -0.15) is 0 Å². The van der Waals surface area contributed by atoms with Crippen molar-refractivity contribution in [1.82, 2.24) is 5.32 Å². The molecule has 1 aromatic carbocycles. The Hall–Kier alpha value is -0.390. The Morgan fingerprint density at radius 2 is 1.94 bits per heavy atom. The molecule has 1 amide bonds. The first-order valence-electron chi connectivity index (χ1n) is 5.37. The van der Waals surface area contributed by atoms with Crippen LogP contribution in [0.5, 0.6) is 0 Å². The molecule has 3 nitrogen and oxygen atoms in total. The van der Waals surface area contributed by atoms with Crippen LogP contribution in [-0.2, 0) is 16.0 Å². The van der Waals surface area contributed by atoms with Crippen molar-refractivity contribution in [3.05, 3.63) is 34.3 Å². The Balaban J connectivity index is 2.18. The molecule has 0 saturated carbocycles. The van der Waals surface area contributed by atoms with Gasteiger partial charge in [-0.15, -0.1) is 0 Å². The number of ether oxygens (including phenoxy) is 1. The quantitative estimate of drug-likeness (QED) is 0.596. The van der Waals surface area contributed by atoms with Crippen LogP contribution in [0.25, 0.3) is 0 Å². The molecule has 0 aliphatic rings. The molecule has 0 unspecified atom stereocenters. The molecule has 0 spiro atoms. The lowest BCUT2D eigenvalue weighted by atomic mass is 10.1. The summed E-state index contributed by atoms with van der Waals surface area (Å²) in [7, 11) is 0. The molecular weight excluding hydrogens is 350 g/mol. The summed E-state index contributed by atoms with van der Waals surface area (Å²) >= 11 is 6.62. The van der Waals surface area contributed by atoms with E-state index in [0.29, 0.717) is 26.2 Å². The number of hydrogen-bond donors (Lipinski definition) is 1. The van der Waals surface area contributed by atoms with Crippen molar-refractivity contribution in [2.24, 2.45) is 0 Å². The first-order chi connectivity index (χ1) is 8.22. The number of carbonyl (C=O) groups excluding carboxylic acids is 1. The van der Waals surface area contributed by atoms with Crippen molar-refractivity contribution in [2.45, 2.75) is 6.42 Å². The number of alkyl halides is 1. The highest BCUT2D eigenvalue weighted by Gasteiger charge is 2.02. The number of carbonyl (C=O) groups is 1. The van der Waals surface area contributed by atoms with Crippen LogP contribution >= 0.6 is 31.9 Å². The van der Waals surface area contributed by atoms with Crippen molar-refractivity contribution < 1.29 is 9.53 Å².